The Morgan fingerprint density at radius 2 is 2.07 bits per heavy atom. The molecule has 0 radical (unpaired) electrons. The molecule has 1 aliphatic carbocycles. The number of carbonyl (C=O) groups excluding carboxylic acids is 1. The molecular weight excluding hydrogens is 176 g/mol. The van der Waals surface area contributed by atoms with Crippen LogP contribution in [0.15, 0.2) is 0 Å². The van der Waals surface area contributed by atoms with Gasteiger partial charge in [-0.2, -0.15) is 0 Å². The van der Waals surface area contributed by atoms with Crippen molar-refractivity contribution in [3.63, 3.8) is 0 Å². The maximum Gasteiger partial charge on any atom is 0.236 e. The van der Waals surface area contributed by atoms with Crippen LogP contribution in [-0.4, -0.2) is 36.0 Å². The first-order valence-electron chi connectivity index (χ1n) is 5.45. The summed E-state index contributed by atoms with van der Waals surface area (Å²) >= 11 is 0. The van der Waals surface area contributed by atoms with Crippen molar-refractivity contribution in [2.75, 3.05) is 13.6 Å². The van der Waals surface area contributed by atoms with E-state index in [4.69, 9.17) is 0 Å². The lowest BCUT2D eigenvalue weighted by molar-refractivity contribution is -0.130. The lowest BCUT2D eigenvalue weighted by Gasteiger charge is -2.39. The minimum absolute atomic E-state index is 0.188. The zero-order chi connectivity index (χ0) is 10.8. The third-order valence-electron chi connectivity index (χ3n) is 3.29. The van der Waals surface area contributed by atoms with Crippen LogP contribution in [0.2, 0.25) is 0 Å². The first-order chi connectivity index (χ1) is 6.44. The molecule has 1 aliphatic rings. The summed E-state index contributed by atoms with van der Waals surface area (Å²) < 4.78 is 0. The summed E-state index contributed by atoms with van der Waals surface area (Å²) in [6.07, 6.45) is 3.69. The monoisotopic (exact) mass is 198 g/mol. The second kappa shape index (κ2) is 4.30. The number of nitrogens with one attached hydrogen (secondary N) is 1. The molecule has 0 unspecified atom stereocenters. The number of hydrogen-bond donors (Lipinski definition) is 1. The molecule has 82 valence electrons. The number of hydrogen-bond acceptors (Lipinski definition) is 2. The Labute approximate surface area is 86.9 Å². The maximum atomic E-state index is 11.6. The van der Waals surface area contributed by atoms with Gasteiger partial charge in [0.25, 0.3) is 0 Å². The van der Waals surface area contributed by atoms with Crippen LogP contribution >= 0.6 is 0 Å². The Morgan fingerprint density at radius 3 is 2.43 bits per heavy atom. The molecule has 14 heavy (non-hydrogen) atoms. The molecule has 0 atom stereocenters. The van der Waals surface area contributed by atoms with Crippen molar-refractivity contribution >= 4 is 5.91 Å². The molecule has 1 fully saturated rings. The van der Waals surface area contributed by atoms with E-state index >= 15 is 0 Å². The number of carbonyl (C=O) groups is 1. The van der Waals surface area contributed by atoms with Crippen LogP contribution in [0.1, 0.15) is 40.0 Å². The van der Waals surface area contributed by atoms with E-state index in [1.807, 2.05) is 20.9 Å². The van der Waals surface area contributed by atoms with Crippen LogP contribution in [0.25, 0.3) is 0 Å². The second-order valence-electron chi connectivity index (χ2n) is 4.87. The minimum atomic E-state index is 0.188. The topological polar surface area (TPSA) is 32.3 Å². The fourth-order valence-corrected chi connectivity index (χ4v) is 1.59. The average molecular weight is 198 g/mol. The van der Waals surface area contributed by atoms with Gasteiger partial charge >= 0.3 is 0 Å². The highest BCUT2D eigenvalue weighted by molar-refractivity contribution is 5.78. The lowest BCUT2D eigenvalue weighted by atomic mass is 9.78. The van der Waals surface area contributed by atoms with Gasteiger partial charge in [0, 0.05) is 18.6 Å². The highest BCUT2D eigenvalue weighted by Gasteiger charge is 2.31. The van der Waals surface area contributed by atoms with Crippen molar-refractivity contribution in [3.05, 3.63) is 0 Å². The molecule has 1 rings (SSSR count). The quantitative estimate of drug-likeness (QED) is 0.740. The summed E-state index contributed by atoms with van der Waals surface area (Å²) in [7, 11) is 1.86. The van der Waals surface area contributed by atoms with E-state index in [0.717, 1.165) is 0 Å². The molecule has 3 heteroatoms. The van der Waals surface area contributed by atoms with E-state index in [2.05, 4.69) is 12.2 Å². The van der Waals surface area contributed by atoms with Crippen LogP contribution in [0.3, 0.4) is 0 Å². The summed E-state index contributed by atoms with van der Waals surface area (Å²) in [5, 5.41) is 3.34. The summed E-state index contributed by atoms with van der Waals surface area (Å²) in [5.74, 6) is 0.188. The molecule has 0 saturated heterocycles. The number of likely N-dealkylation sites (N-methyl/N-ethyl adjacent to an activating group) is 1. The van der Waals surface area contributed by atoms with Crippen molar-refractivity contribution in [2.24, 2.45) is 0 Å². The first-order valence-corrected chi connectivity index (χ1v) is 5.45. The fourth-order valence-electron chi connectivity index (χ4n) is 1.59. The molecular formula is C11H22N2O. The van der Waals surface area contributed by atoms with Gasteiger partial charge in [0.15, 0.2) is 0 Å². The summed E-state index contributed by atoms with van der Waals surface area (Å²) in [6, 6.07) is 0.290. The molecule has 0 aromatic heterocycles. The molecule has 0 heterocycles. The third kappa shape index (κ3) is 2.71. The normalized spacial score (nSPS) is 19.2. The second-order valence-corrected chi connectivity index (χ2v) is 4.87. The van der Waals surface area contributed by atoms with E-state index in [1.54, 1.807) is 4.90 Å². The van der Waals surface area contributed by atoms with E-state index in [9.17, 15) is 4.79 Å². The van der Waals surface area contributed by atoms with Gasteiger partial charge in [-0.05, 0) is 40.0 Å². The molecule has 0 aliphatic heterocycles. The third-order valence-corrected chi connectivity index (χ3v) is 3.29. The van der Waals surface area contributed by atoms with Crippen LogP contribution in [0.5, 0.6) is 0 Å². The van der Waals surface area contributed by atoms with E-state index < -0.39 is 0 Å². The predicted molar refractivity (Wildman–Crippen MR) is 58.2 cm³/mol. The molecule has 0 aromatic rings. The average Bonchev–Trinajstić information content (AvgIpc) is 2.09. The summed E-state index contributed by atoms with van der Waals surface area (Å²) in [4.78, 5) is 13.4. The Morgan fingerprint density at radius 1 is 1.50 bits per heavy atom. The van der Waals surface area contributed by atoms with Crippen molar-refractivity contribution in [1.29, 1.82) is 0 Å². The predicted octanol–water partition coefficient (Wildman–Crippen LogP) is 1.39. The van der Waals surface area contributed by atoms with Crippen LogP contribution < -0.4 is 5.32 Å². The van der Waals surface area contributed by atoms with Crippen molar-refractivity contribution < 1.29 is 4.79 Å². The van der Waals surface area contributed by atoms with Crippen LogP contribution in [0.4, 0.5) is 0 Å². The van der Waals surface area contributed by atoms with Crippen LogP contribution in [0, 0.1) is 0 Å². The Kier molecular flexibility index (Phi) is 3.53. The van der Waals surface area contributed by atoms with Gasteiger partial charge in [0.1, 0.15) is 0 Å². The highest BCUT2D eigenvalue weighted by Crippen LogP contribution is 2.30. The van der Waals surface area contributed by atoms with E-state index in [1.165, 1.54) is 19.3 Å². The number of rotatable bonds is 4. The van der Waals surface area contributed by atoms with Crippen molar-refractivity contribution in [3.8, 4) is 0 Å². The van der Waals surface area contributed by atoms with Crippen molar-refractivity contribution in [2.45, 2.75) is 51.6 Å². The van der Waals surface area contributed by atoms with Crippen LogP contribution in [-0.2, 0) is 4.79 Å². The van der Waals surface area contributed by atoms with Gasteiger partial charge in [0.2, 0.25) is 5.91 Å². The van der Waals surface area contributed by atoms with Gasteiger partial charge < -0.3 is 10.2 Å². The molecule has 1 amide bonds. The van der Waals surface area contributed by atoms with E-state index in [-0.39, 0.29) is 11.4 Å². The smallest absolute Gasteiger partial charge is 0.236 e. The van der Waals surface area contributed by atoms with Gasteiger partial charge in [-0.25, -0.2) is 0 Å². The zero-order valence-corrected chi connectivity index (χ0v) is 9.76. The molecule has 3 nitrogen and oxygen atoms in total. The van der Waals surface area contributed by atoms with Gasteiger partial charge in [-0.15, -0.1) is 0 Å². The highest BCUT2D eigenvalue weighted by atomic mass is 16.2. The van der Waals surface area contributed by atoms with E-state index in [0.29, 0.717) is 12.6 Å². The first kappa shape index (κ1) is 11.5. The molecule has 1 saturated carbocycles. The molecule has 0 bridgehead atoms. The minimum Gasteiger partial charge on any atom is -0.342 e. The SMILES string of the molecule is CC(C)N(C)C(=O)CNC1(C)CCC1. The van der Waals surface area contributed by atoms with Gasteiger partial charge in [-0.3, -0.25) is 4.79 Å². The van der Waals surface area contributed by atoms with Gasteiger partial charge in [-0.1, -0.05) is 0 Å². The number of nitrogens with zero attached hydrogens (tertiary/aromatic N) is 1. The standard InChI is InChI=1S/C11H22N2O/c1-9(2)13(4)10(14)8-12-11(3)6-5-7-11/h9,12H,5-8H2,1-4H3. The molecule has 0 spiro atoms. The molecule has 1 N–H and O–H groups in total. The number of amides is 1. The Hall–Kier alpha value is -0.570. The largest absolute Gasteiger partial charge is 0.342 e. The fraction of sp³-hybridized carbons (Fsp3) is 0.909. The molecule has 0 aromatic carbocycles. The maximum absolute atomic E-state index is 11.6. The zero-order valence-electron chi connectivity index (χ0n) is 9.76. The van der Waals surface area contributed by atoms with Crippen molar-refractivity contribution in [1.82, 2.24) is 10.2 Å². The summed E-state index contributed by atoms with van der Waals surface area (Å²) in [5.41, 5.74) is 0.230. The Bertz CT molecular complexity index is 209. The lowest BCUT2D eigenvalue weighted by Crippen LogP contribution is -2.52. The van der Waals surface area contributed by atoms with Gasteiger partial charge in [0.05, 0.1) is 6.54 Å². The Balaban J connectivity index is 2.27. The summed E-state index contributed by atoms with van der Waals surface area (Å²) in [6.45, 7) is 6.73.